The van der Waals surface area contributed by atoms with Crippen LogP contribution in [-0.2, 0) is 11.3 Å². The van der Waals surface area contributed by atoms with Gasteiger partial charge in [0, 0.05) is 0 Å². The minimum atomic E-state index is -0.0349. The molecule has 59 valence electrons. The maximum Gasteiger partial charge on any atom is 0.109 e. The lowest BCUT2D eigenvalue weighted by molar-refractivity contribution is 0.140. The first-order valence-electron chi connectivity index (χ1n) is 3.51. The van der Waals surface area contributed by atoms with Gasteiger partial charge in [0.1, 0.15) is 6.61 Å². The van der Waals surface area contributed by atoms with E-state index in [1.165, 1.54) is 6.61 Å². The molecule has 1 radical (unpaired) electrons. The summed E-state index contributed by atoms with van der Waals surface area (Å²) < 4.78 is 4.99. The Kier molecular flexibility index (Phi) is 3.65. The third-order valence-corrected chi connectivity index (χ3v) is 1.29. The molecule has 0 saturated carbocycles. The fourth-order valence-corrected chi connectivity index (χ4v) is 0.782. The van der Waals surface area contributed by atoms with Crippen molar-refractivity contribution in [1.29, 1.82) is 0 Å². The molecule has 0 saturated heterocycles. The molecule has 0 aromatic heterocycles. The lowest BCUT2D eigenvalue weighted by Gasteiger charge is -1.99. The van der Waals surface area contributed by atoms with Gasteiger partial charge in [0.15, 0.2) is 0 Å². The predicted octanol–water partition coefficient (Wildman–Crippen LogP) is 1.36. The van der Waals surface area contributed by atoms with Gasteiger partial charge in [-0.1, -0.05) is 30.3 Å². The van der Waals surface area contributed by atoms with E-state index in [1.54, 1.807) is 0 Å². The molecule has 0 aliphatic heterocycles. The van der Waals surface area contributed by atoms with Crippen molar-refractivity contribution in [3.63, 3.8) is 0 Å². The SMILES string of the molecule is OC[CH]OCc1ccccc1. The largest absolute Gasteiger partial charge is 0.394 e. The molecule has 1 N–H and O–H groups in total. The van der Waals surface area contributed by atoms with Crippen molar-refractivity contribution in [3.8, 4) is 0 Å². The molecule has 1 aromatic carbocycles. The minimum absolute atomic E-state index is 0.0349. The third kappa shape index (κ3) is 3.16. The van der Waals surface area contributed by atoms with Crippen molar-refractivity contribution < 1.29 is 9.84 Å². The minimum Gasteiger partial charge on any atom is -0.394 e. The molecular formula is C9H11O2. The fourth-order valence-electron chi connectivity index (χ4n) is 0.782. The van der Waals surface area contributed by atoms with Crippen LogP contribution in [0.5, 0.6) is 0 Å². The summed E-state index contributed by atoms with van der Waals surface area (Å²) >= 11 is 0. The number of hydrogen-bond acceptors (Lipinski definition) is 2. The summed E-state index contributed by atoms with van der Waals surface area (Å²) in [7, 11) is 0. The summed E-state index contributed by atoms with van der Waals surface area (Å²) in [5.74, 6) is 0. The van der Waals surface area contributed by atoms with E-state index in [2.05, 4.69) is 0 Å². The molecular weight excluding hydrogens is 140 g/mol. The van der Waals surface area contributed by atoms with E-state index < -0.39 is 0 Å². The topological polar surface area (TPSA) is 29.5 Å². The van der Waals surface area contributed by atoms with E-state index in [-0.39, 0.29) is 6.61 Å². The maximum atomic E-state index is 8.36. The Bertz CT molecular complexity index is 184. The molecule has 0 atom stereocenters. The summed E-state index contributed by atoms with van der Waals surface area (Å²) in [6.07, 6.45) is 0. The van der Waals surface area contributed by atoms with E-state index in [9.17, 15) is 0 Å². The normalized spacial score (nSPS) is 9.91. The van der Waals surface area contributed by atoms with Crippen LogP contribution in [0.25, 0.3) is 0 Å². The number of hydrogen-bond donors (Lipinski definition) is 1. The number of aliphatic hydroxyl groups is 1. The molecule has 0 aliphatic rings. The van der Waals surface area contributed by atoms with E-state index in [1.807, 2.05) is 30.3 Å². The zero-order valence-corrected chi connectivity index (χ0v) is 6.23. The van der Waals surface area contributed by atoms with Crippen LogP contribution >= 0.6 is 0 Å². The molecule has 11 heavy (non-hydrogen) atoms. The molecule has 2 nitrogen and oxygen atoms in total. The summed E-state index contributed by atoms with van der Waals surface area (Å²) in [6.45, 7) is 1.88. The molecule has 0 amide bonds. The Morgan fingerprint density at radius 2 is 2.00 bits per heavy atom. The first kappa shape index (κ1) is 8.24. The molecule has 0 fully saturated rings. The van der Waals surface area contributed by atoms with E-state index >= 15 is 0 Å². The first-order valence-corrected chi connectivity index (χ1v) is 3.51. The lowest BCUT2D eigenvalue weighted by Crippen LogP contribution is -1.92. The summed E-state index contributed by atoms with van der Waals surface area (Å²) in [4.78, 5) is 0. The molecule has 0 bridgehead atoms. The van der Waals surface area contributed by atoms with Crippen molar-refractivity contribution in [2.75, 3.05) is 6.61 Å². The van der Waals surface area contributed by atoms with Crippen LogP contribution in [0.1, 0.15) is 5.56 Å². The van der Waals surface area contributed by atoms with Crippen LogP contribution in [0, 0.1) is 6.61 Å². The highest BCUT2D eigenvalue weighted by molar-refractivity contribution is 5.13. The van der Waals surface area contributed by atoms with Crippen LogP contribution in [0.15, 0.2) is 30.3 Å². The second kappa shape index (κ2) is 4.88. The van der Waals surface area contributed by atoms with Crippen molar-refractivity contribution in [2.24, 2.45) is 0 Å². The second-order valence-corrected chi connectivity index (χ2v) is 2.15. The van der Waals surface area contributed by atoms with Gasteiger partial charge in [-0.2, -0.15) is 0 Å². The van der Waals surface area contributed by atoms with Crippen LogP contribution < -0.4 is 0 Å². The Labute approximate surface area is 66.4 Å². The number of rotatable bonds is 4. The van der Waals surface area contributed by atoms with Gasteiger partial charge in [-0.25, -0.2) is 0 Å². The van der Waals surface area contributed by atoms with Gasteiger partial charge >= 0.3 is 0 Å². The van der Waals surface area contributed by atoms with Crippen molar-refractivity contribution in [3.05, 3.63) is 42.5 Å². The molecule has 0 spiro atoms. The molecule has 0 unspecified atom stereocenters. The standard InChI is InChI=1S/C9H11O2/c10-6-7-11-8-9-4-2-1-3-5-9/h1-5,7,10H,6,8H2. The van der Waals surface area contributed by atoms with Gasteiger partial charge in [0.2, 0.25) is 0 Å². The first-order chi connectivity index (χ1) is 5.43. The number of aliphatic hydroxyl groups excluding tert-OH is 1. The molecule has 1 aromatic rings. The lowest BCUT2D eigenvalue weighted by atomic mass is 10.2. The van der Waals surface area contributed by atoms with Crippen LogP contribution in [0.4, 0.5) is 0 Å². The molecule has 0 heterocycles. The smallest absolute Gasteiger partial charge is 0.109 e. The Morgan fingerprint density at radius 1 is 1.27 bits per heavy atom. The highest BCUT2D eigenvalue weighted by Crippen LogP contribution is 2.00. The van der Waals surface area contributed by atoms with Crippen LogP contribution in [0.2, 0.25) is 0 Å². The van der Waals surface area contributed by atoms with Gasteiger partial charge in [0.25, 0.3) is 0 Å². The monoisotopic (exact) mass is 151 g/mol. The number of ether oxygens (including phenoxy) is 1. The highest BCUT2D eigenvalue weighted by atomic mass is 16.5. The van der Waals surface area contributed by atoms with Crippen LogP contribution in [0.3, 0.4) is 0 Å². The van der Waals surface area contributed by atoms with Gasteiger partial charge in [-0.05, 0) is 5.56 Å². The average molecular weight is 151 g/mol. The van der Waals surface area contributed by atoms with E-state index in [4.69, 9.17) is 9.84 Å². The highest BCUT2D eigenvalue weighted by Gasteiger charge is 1.89. The quantitative estimate of drug-likeness (QED) is 0.658. The summed E-state index contributed by atoms with van der Waals surface area (Å²) in [5.41, 5.74) is 1.11. The maximum absolute atomic E-state index is 8.36. The summed E-state index contributed by atoms with van der Waals surface area (Å²) in [5, 5.41) is 8.36. The van der Waals surface area contributed by atoms with Crippen molar-refractivity contribution in [2.45, 2.75) is 6.61 Å². The third-order valence-electron chi connectivity index (χ3n) is 1.29. The van der Waals surface area contributed by atoms with E-state index in [0.29, 0.717) is 6.61 Å². The van der Waals surface area contributed by atoms with Gasteiger partial charge in [0.05, 0.1) is 13.2 Å². The average Bonchev–Trinajstić information content (AvgIpc) is 2.07. The summed E-state index contributed by atoms with van der Waals surface area (Å²) in [6, 6.07) is 9.82. The molecule has 1 rings (SSSR count). The van der Waals surface area contributed by atoms with Crippen molar-refractivity contribution in [1.82, 2.24) is 0 Å². The Morgan fingerprint density at radius 3 is 2.64 bits per heavy atom. The van der Waals surface area contributed by atoms with Gasteiger partial charge < -0.3 is 9.84 Å². The Balaban J connectivity index is 2.28. The van der Waals surface area contributed by atoms with Gasteiger partial charge in [-0.3, -0.25) is 0 Å². The van der Waals surface area contributed by atoms with Gasteiger partial charge in [-0.15, -0.1) is 0 Å². The number of benzene rings is 1. The van der Waals surface area contributed by atoms with E-state index in [0.717, 1.165) is 5.56 Å². The predicted molar refractivity (Wildman–Crippen MR) is 42.6 cm³/mol. The second-order valence-electron chi connectivity index (χ2n) is 2.15. The molecule has 2 heteroatoms. The zero-order valence-electron chi connectivity index (χ0n) is 6.23. The van der Waals surface area contributed by atoms with Crippen LogP contribution in [-0.4, -0.2) is 11.7 Å². The fraction of sp³-hybridized carbons (Fsp3) is 0.222. The molecule has 0 aliphatic carbocycles. The van der Waals surface area contributed by atoms with Crippen molar-refractivity contribution >= 4 is 0 Å². The zero-order chi connectivity index (χ0) is 7.94. The Hall–Kier alpha value is -0.860.